The van der Waals surface area contributed by atoms with Crippen LogP contribution in [0.5, 0.6) is 0 Å². The van der Waals surface area contributed by atoms with Gasteiger partial charge in [-0.25, -0.2) is 4.39 Å². The fraction of sp³-hybridized carbons (Fsp3) is 0. The molecule has 0 aliphatic rings. The van der Waals surface area contributed by atoms with E-state index in [4.69, 9.17) is 0 Å². The van der Waals surface area contributed by atoms with Crippen molar-refractivity contribution < 1.29 is 17.3 Å². The van der Waals surface area contributed by atoms with Gasteiger partial charge in [0, 0.05) is 0 Å². The molecule has 0 nitrogen and oxygen atoms in total. The van der Waals surface area contributed by atoms with E-state index in [1.807, 2.05) is 0 Å². The highest BCUT2D eigenvalue weighted by Gasteiger charge is 2.25. The summed E-state index contributed by atoms with van der Waals surface area (Å²) in [6.07, 6.45) is 0. The van der Waals surface area contributed by atoms with E-state index in [9.17, 15) is 17.3 Å². The number of benzene rings is 1. The van der Waals surface area contributed by atoms with E-state index in [1.54, 1.807) is 0 Å². The first-order valence-corrected chi connectivity index (χ1v) is 3.85. The van der Waals surface area contributed by atoms with Gasteiger partial charge in [0.25, 0.3) is 0 Å². The Kier molecular flexibility index (Phi) is 2.46. The predicted molar refractivity (Wildman–Crippen MR) is 42.8 cm³/mol. The number of hydrogen-bond acceptors (Lipinski definition) is 0. The van der Waals surface area contributed by atoms with E-state index in [-0.39, 0.29) is 4.47 Å². The summed E-state index contributed by atoms with van der Waals surface area (Å²) in [6.45, 7) is -5.03. The molecule has 0 spiro atoms. The third kappa shape index (κ3) is 2.00. The van der Waals surface area contributed by atoms with Crippen LogP contribution in [-0.2, 0) is 0 Å². The molecular formula is C6H3BBrF4-. The van der Waals surface area contributed by atoms with Gasteiger partial charge in [-0.3, -0.25) is 0 Å². The zero-order valence-electron chi connectivity index (χ0n) is 5.70. The summed E-state index contributed by atoms with van der Waals surface area (Å²) < 4.78 is 48.4. The minimum Gasteiger partial charge on any atom is -0.445 e. The normalized spacial score (nSPS) is 11.8. The SMILES string of the molecule is Fc1ccc([B-](F)(F)F)cc1Br. The topological polar surface area (TPSA) is 0 Å². The van der Waals surface area contributed by atoms with Crippen molar-refractivity contribution in [2.75, 3.05) is 0 Å². The standard InChI is InChI=1S/C6H3BBrF4/c8-5-3-4(7(10,11)12)1-2-6(5)9/h1-3H/q-1. The maximum absolute atomic E-state index is 12.5. The highest BCUT2D eigenvalue weighted by atomic mass is 79.9. The lowest BCUT2D eigenvalue weighted by Crippen LogP contribution is -2.33. The smallest absolute Gasteiger partial charge is 0.445 e. The molecule has 0 bridgehead atoms. The van der Waals surface area contributed by atoms with Crippen LogP contribution in [0.15, 0.2) is 22.7 Å². The second-order valence-corrected chi connectivity index (χ2v) is 3.10. The van der Waals surface area contributed by atoms with Crippen LogP contribution in [0.2, 0.25) is 0 Å². The fourth-order valence-corrected chi connectivity index (χ4v) is 1.11. The zero-order valence-corrected chi connectivity index (χ0v) is 7.29. The van der Waals surface area contributed by atoms with Crippen molar-refractivity contribution in [3.05, 3.63) is 28.5 Å². The Bertz CT molecular complexity index is 296. The Hall–Kier alpha value is -0.515. The fourth-order valence-electron chi connectivity index (χ4n) is 0.716. The van der Waals surface area contributed by atoms with Gasteiger partial charge in [0.15, 0.2) is 0 Å². The van der Waals surface area contributed by atoms with E-state index < -0.39 is 18.3 Å². The van der Waals surface area contributed by atoms with Gasteiger partial charge in [-0.2, -0.15) is 0 Å². The van der Waals surface area contributed by atoms with E-state index in [0.717, 1.165) is 18.2 Å². The lowest BCUT2D eigenvalue weighted by molar-refractivity contribution is 0.500. The molecule has 0 unspecified atom stereocenters. The molecule has 1 rings (SSSR count). The summed E-state index contributed by atoms with van der Waals surface area (Å²) in [6, 6.07) is 2.24. The number of halogens is 5. The van der Waals surface area contributed by atoms with Crippen LogP contribution in [0.4, 0.5) is 17.3 Å². The Morgan fingerprint density at radius 2 is 1.75 bits per heavy atom. The summed E-state index contributed by atoms with van der Waals surface area (Å²) in [4.78, 5) is 0. The number of rotatable bonds is 1. The molecule has 0 heterocycles. The van der Waals surface area contributed by atoms with E-state index >= 15 is 0 Å². The highest BCUT2D eigenvalue weighted by molar-refractivity contribution is 9.10. The van der Waals surface area contributed by atoms with Gasteiger partial charge < -0.3 is 12.9 Å². The molecule has 6 heteroatoms. The van der Waals surface area contributed by atoms with Crippen LogP contribution in [0.1, 0.15) is 0 Å². The molecule has 0 N–H and O–H groups in total. The Labute approximate surface area is 74.8 Å². The monoisotopic (exact) mass is 241 g/mol. The van der Waals surface area contributed by atoms with Gasteiger partial charge in [-0.05, 0) is 22.0 Å². The van der Waals surface area contributed by atoms with Crippen molar-refractivity contribution in [1.82, 2.24) is 0 Å². The molecule has 1 aromatic rings. The van der Waals surface area contributed by atoms with Gasteiger partial charge in [0.1, 0.15) is 5.82 Å². The molecule has 0 aliphatic heterocycles. The zero-order chi connectivity index (χ0) is 9.35. The lowest BCUT2D eigenvalue weighted by atomic mass is 9.80. The molecule has 66 valence electrons. The second kappa shape index (κ2) is 3.09. The first kappa shape index (κ1) is 9.57. The Morgan fingerprint density at radius 3 is 2.17 bits per heavy atom. The van der Waals surface area contributed by atoms with Gasteiger partial charge in [-0.1, -0.05) is 12.1 Å². The molecule has 0 atom stereocenters. The summed E-state index contributed by atoms with van der Waals surface area (Å²) in [5.41, 5.74) is -0.803. The maximum Gasteiger partial charge on any atom is 0.509 e. The summed E-state index contributed by atoms with van der Waals surface area (Å²) >= 11 is 2.67. The van der Waals surface area contributed by atoms with Gasteiger partial charge in [-0.15, -0.1) is 5.46 Å². The molecule has 0 radical (unpaired) electrons. The maximum atomic E-state index is 12.5. The van der Waals surface area contributed by atoms with Gasteiger partial charge in [0.2, 0.25) is 0 Å². The van der Waals surface area contributed by atoms with Crippen molar-refractivity contribution in [2.45, 2.75) is 0 Å². The van der Waals surface area contributed by atoms with Gasteiger partial charge >= 0.3 is 6.98 Å². The predicted octanol–water partition coefficient (Wildman–Crippen LogP) is 2.64. The van der Waals surface area contributed by atoms with E-state index in [0.29, 0.717) is 0 Å². The van der Waals surface area contributed by atoms with Gasteiger partial charge in [0.05, 0.1) is 4.47 Å². The Morgan fingerprint density at radius 1 is 1.17 bits per heavy atom. The van der Waals surface area contributed by atoms with Crippen molar-refractivity contribution in [1.29, 1.82) is 0 Å². The summed E-state index contributed by atoms with van der Waals surface area (Å²) in [5, 5.41) is 0. The van der Waals surface area contributed by atoms with Crippen LogP contribution in [-0.4, -0.2) is 6.98 Å². The molecule has 0 aliphatic carbocycles. The summed E-state index contributed by atoms with van der Waals surface area (Å²) in [7, 11) is 0. The molecule has 0 fully saturated rings. The third-order valence-corrected chi connectivity index (χ3v) is 1.93. The first-order valence-electron chi connectivity index (χ1n) is 3.06. The lowest BCUT2D eigenvalue weighted by Gasteiger charge is -2.14. The minimum atomic E-state index is -5.03. The molecular weight excluding hydrogens is 239 g/mol. The molecule has 0 amide bonds. The largest absolute Gasteiger partial charge is 0.509 e. The quantitative estimate of drug-likeness (QED) is 0.524. The summed E-state index contributed by atoms with van der Waals surface area (Å²) in [5.74, 6) is -0.696. The van der Waals surface area contributed by atoms with E-state index in [2.05, 4.69) is 15.9 Å². The second-order valence-electron chi connectivity index (χ2n) is 2.25. The van der Waals surface area contributed by atoms with Crippen molar-refractivity contribution in [3.8, 4) is 0 Å². The minimum absolute atomic E-state index is 0.167. The number of hydrogen-bond donors (Lipinski definition) is 0. The van der Waals surface area contributed by atoms with Crippen LogP contribution in [0.25, 0.3) is 0 Å². The molecule has 1 aromatic carbocycles. The third-order valence-electron chi connectivity index (χ3n) is 1.32. The first-order chi connectivity index (χ1) is 5.41. The molecule has 12 heavy (non-hydrogen) atoms. The van der Waals surface area contributed by atoms with Crippen molar-refractivity contribution in [2.24, 2.45) is 0 Å². The van der Waals surface area contributed by atoms with Crippen LogP contribution in [0, 0.1) is 5.82 Å². The van der Waals surface area contributed by atoms with Crippen molar-refractivity contribution in [3.63, 3.8) is 0 Å². The average molecular weight is 242 g/mol. The average Bonchev–Trinajstić information content (AvgIpc) is 1.92. The van der Waals surface area contributed by atoms with Crippen LogP contribution < -0.4 is 5.46 Å². The molecule has 0 aromatic heterocycles. The van der Waals surface area contributed by atoms with Crippen LogP contribution >= 0.6 is 15.9 Å². The van der Waals surface area contributed by atoms with E-state index in [1.165, 1.54) is 0 Å². The molecule has 0 saturated carbocycles. The highest BCUT2D eigenvalue weighted by Crippen LogP contribution is 2.16. The molecule has 0 saturated heterocycles. The van der Waals surface area contributed by atoms with Crippen LogP contribution in [0.3, 0.4) is 0 Å². The Balaban J connectivity index is 3.14. The van der Waals surface area contributed by atoms with Crippen molar-refractivity contribution >= 4 is 28.4 Å².